The third-order valence-corrected chi connectivity index (χ3v) is 4.94. The molecule has 0 radical (unpaired) electrons. The molecule has 1 heterocycles. The van der Waals surface area contributed by atoms with Gasteiger partial charge in [-0.25, -0.2) is 9.18 Å². The highest BCUT2D eigenvalue weighted by atomic mass is 19.1. The second-order valence-corrected chi connectivity index (χ2v) is 6.80. The number of ether oxygens (including phenoxy) is 1. The summed E-state index contributed by atoms with van der Waals surface area (Å²) >= 11 is 0. The zero-order chi connectivity index (χ0) is 20.8. The van der Waals surface area contributed by atoms with E-state index in [9.17, 15) is 18.8 Å². The van der Waals surface area contributed by atoms with E-state index >= 15 is 0 Å². The molecule has 0 aliphatic carbocycles. The van der Waals surface area contributed by atoms with E-state index in [0.29, 0.717) is 37.2 Å². The third-order valence-electron chi connectivity index (χ3n) is 4.94. The number of anilines is 1. The first-order valence-electron chi connectivity index (χ1n) is 9.62. The highest BCUT2D eigenvalue weighted by Crippen LogP contribution is 2.23. The van der Waals surface area contributed by atoms with E-state index < -0.39 is 11.8 Å². The highest BCUT2D eigenvalue weighted by molar-refractivity contribution is 6.02. The van der Waals surface area contributed by atoms with Crippen molar-refractivity contribution in [1.29, 1.82) is 0 Å². The first kappa shape index (κ1) is 20.5. The Balaban J connectivity index is 1.61. The minimum Gasteiger partial charge on any atom is -0.462 e. The van der Waals surface area contributed by atoms with Crippen molar-refractivity contribution < 1.29 is 23.5 Å². The average Bonchev–Trinajstić information content (AvgIpc) is 2.74. The van der Waals surface area contributed by atoms with Crippen LogP contribution < -0.4 is 5.32 Å². The molecule has 7 heteroatoms. The van der Waals surface area contributed by atoms with E-state index in [4.69, 9.17) is 4.74 Å². The molecule has 0 bridgehead atoms. The van der Waals surface area contributed by atoms with Crippen LogP contribution in [0, 0.1) is 11.7 Å². The van der Waals surface area contributed by atoms with Gasteiger partial charge >= 0.3 is 5.97 Å². The number of para-hydroxylation sites is 1. The molecule has 6 nitrogen and oxygen atoms in total. The SMILES string of the molecule is CCOC(=O)c1ccccc1NC(=O)C1CCN(C(=O)c2ccccc2F)CC1. The number of halogens is 1. The minimum absolute atomic E-state index is 0.0405. The number of nitrogens with one attached hydrogen (secondary N) is 1. The summed E-state index contributed by atoms with van der Waals surface area (Å²) in [5, 5.41) is 2.80. The zero-order valence-electron chi connectivity index (χ0n) is 16.2. The van der Waals surface area contributed by atoms with Crippen molar-refractivity contribution in [2.24, 2.45) is 5.92 Å². The van der Waals surface area contributed by atoms with Gasteiger partial charge in [0, 0.05) is 19.0 Å². The van der Waals surface area contributed by atoms with Crippen LogP contribution >= 0.6 is 0 Å². The van der Waals surface area contributed by atoms with Gasteiger partial charge in [0.25, 0.3) is 5.91 Å². The second-order valence-electron chi connectivity index (χ2n) is 6.80. The average molecular weight is 398 g/mol. The topological polar surface area (TPSA) is 75.7 Å². The standard InChI is InChI=1S/C22H23FN2O4/c1-2-29-22(28)17-8-4-6-10-19(17)24-20(26)15-11-13-25(14-12-15)21(27)16-7-3-5-9-18(16)23/h3-10,15H,2,11-14H2,1H3,(H,24,26). The third kappa shape index (κ3) is 4.80. The van der Waals surface area contributed by atoms with Crippen molar-refractivity contribution in [1.82, 2.24) is 4.90 Å². The Bertz CT molecular complexity index is 907. The maximum absolute atomic E-state index is 13.9. The van der Waals surface area contributed by atoms with Gasteiger partial charge in [-0.2, -0.15) is 0 Å². The highest BCUT2D eigenvalue weighted by Gasteiger charge is 2.29. The fourth-order valence-corrected chi connectivity index (χ4v) is 3.36. The number of carbonyl (C=O) groups excluding carboxylic acids is 3. The summed E-state index contributed by atoms with van der Waals surface area (Å²) in [6.07, 6.45) is 0.932. The van der Waals surface area contributed by atoms with Gasteiger partial charge in [0.05, 0.1) is 23.4 Å². The predicted molar refractivity (Wildman–Crippen MR) is 106 cm³/mol. The second kappa shape index (κ2) is 9.32. The van der Waals surface area contributed by atoms with E-state index in [1.807, 2.05) is 0 Å². The summed E-state index contributed by atoms with van der Waals surface area (Å²) in [6, 6.07) is 12.6. The normalized spacial score (nSPS) is 14.3. The van der Waals surface area contributed by atoms with Crippen molar-refractivity contribution in [3.05, 3.63) is 65.5 Å². The monoisotopic (exact) mass is 398 g/mol. The first-order chi connectivity index (χ1) is 14.0. The van der Waals surface area contributed by atoms with Gasteiger partial charge in [-0.15, -0.1) is 0 Å². The van der Waals surface area contributed by atoms with Gasteiger partial charge in [-0.1, -0.05) is 24.3 Å². The number of likely N-dealkylation sites (tertiary alicyclic amines) is 1. The number of nitrogens with zero attached hydrogens (tertiary/aromatic N) is 1. The predicted octanol–water partition coefficient (Wildman–Crippen LogP) is 3.49. The number of benzene rings is 2. The molecule has 3 rings (SSSR count). The van der Waals surface area contributed by atoms with Gasteiger partial charge in [-0.05, 0) is 44.0 Å². The van der Waals surface area contributed by atoms with E-state index in [2.05, 4.69) is 5.32 Å². The summed E-state index contributed by atoms with van der Waals surface area (Å²) < 4.78 is 18.9. The van der Waals surface area contributed by atoms with Crippen LogP contribution in [-0.2, 0) is 9.53 Å². The summed E-state index contributed by atoms with van der Waals surface area (Å²) in [5.74, 6) is -1.91. The summed E-state index contributed by atoms with van der Waals surface area (Å²) in [5.41, 5.74) is 0.745. The number of piperidine rings is 1. The van der Waals surface area contributed by atoms with E-state index in [1.165, 1.54) is 18.2 Å². The van der Waals surface area contributed by atoms with Crippen LogP contribution in [0.4, 0.5) is 10.1 Å². The van der Waals surface area contributed by atoms with Crippen LogP contribution in [0.5, 0.6) is 0 Å². The molecule has 0 atom stereocenters. The molecule has 1 saturated heterocycles. The van der Waals surface area contributed by atoms with Crippen LogP contribution in [-0.4, -0.2) is 42.4 Å². The van der Waals surface area contributed by atoms with Crippen LogP contribution in [0.1, 0.15) is 40.5 Å². The molecule has 2 aromatic carbocycles. The van der Waals surface area contributed by atoms with Gasteiger partial charge in [-0.3, -0.25) is 9.59 Å². The Morgan fingerprint density at radius 1 is 1.03 bits per heavy atom. The zero-order valence-corrected chi connectivity index (χ0v) is 16.2. The number of carbonyl (C=O) groups is 3. The lowest BCUT2D eigenvalue weighted by Gasteiger charge is -2.31. The molecule has 0 saturated carbocycles. The summed E-state index contributed by atoms with van der Waals surface area (Å²) in [7, 11) is 0. The molecule has 0 unspecified atom stereocenters. The molecule has 2 aromatic rings. The molecule has 2 amide bonds. The van der Waals surface area contributed by atoms with Crippen LogP contribution in [0.25, 0.3) is 0 Å². The molecule has 29 heavy (non-hydrogen) atoms. The number of hydrogen-bond acceptors (Lipinski definition) is 4. The Morgan fingerprint density at radius 2 is 1.66 bits per heavy atom. The van der Waals surface area contributed by atoms with E-state index in [-0.39, 0.29) is 29.9 Å². The molecule has 0 spiro atoms. The van der Waals surface area contributed by atoms with Crippen molar-refractivity contribution in [2.45, 2.75) is 19.8 Å². The van der Waals surface area contributed by atoms with Crippen molar-refractivity contribution in [3.8, 4) is 0 Å². The van der Waals surface area contributed by atoms with E-state index in [0.717, 1.165) is 0 Å². The van der Waals surface area contributed by atoms with Crippen LogP contribution in [0.15, 0.2) is 48.5 Å². The van der Waals surface area contributed by atoms with Crippen LogP contribution in [0.3, 0.4) is 0 Å². The largest absolute Gasteiger partial charge is 0.462 e. The molecule has 0 aromatic heterocycles. The lowest BCUT2D eigenvalue weighted by molar-refractivity contribution is -0.121. The van der Waals surface area contributed by atoms with Gasteiger partial charge < -0.3 is 15.0 Å². The molecular weight excluding hydrogens is 375 g/mol. The molecular formula is C22H23FN2O4. The van der Waals surface area contributed by atoms with Gasteiger partial charge in [0.15, 0.2) is 0 Å². The Labute approximate surface area is 168 Å². The van der Waals surface area contributed by atoms with Crippen molar-refractivity contribution in [3.63, 3.8) is 0 Å². The van der Waals surface area contributed by atoms with Crippen molar-refractivity contribution in [2.75, 3.05) is 25.0 Å². The number of rotatable bonds is 5. The molecule has 152 valence electrons. The first-order valence-corrected chi connectivity index (χ1v) is 9.62. The van der Waals surface area contributed by atoms with E-state index in [1.54, 1.807) is 42.2 Å². The van der Waals surface area contributed by atoms with Gasteiger partial charge in [0.1, 0.15) is 5.82 Å². The fourth-order valence-electron chi connectivity index (χ4n) is 3.36. The molecule has 1 aliphatic rings. The number of esters is 1. The molecule has 1 N–H and O–H groups in total. The maximum atomic E-state index is 13.9. The quantitative estimate of drug-likeness (QED) is 0.783. The minimum atomic E-state index is -0.548. The summed E-state index contributed by atoms with van der Waals surface area (Å²) in [4.78, 5) is 38.8. The molecule has 1 aliphatic heterocycles. The van der Waals surface area contributed by atoms with Crippen LogP contribution in [0.2, 0.25) is 0 Å². The Morgan fingerprint density at radius 3 is 2.31 bits per heavy atom. The maximum Gasteiger partial charge on any atom is 0.340 e. The Kier molecular flexibility index (Phi) is 6.59. The fraction of sp³-hybridized carbons (Fsp3) is 0.318. The van der Waals surface area contributed by atoms with Gasteiger partial charge in [0.2, 0.25) is 5.91 Å². The smallest absolute Gasteiger partial charge is 0.340 e. The molecule has 1 fully saturated rings. The number of hydrogen-bond donors (Lipinski definition) is 1. The number of amides is 2. The lowest BCUT2D eigenvalue weighted by Crippen LogP contribution is -2.41. The lowest BCUT2D eigenvalue weighted by atomic mass is 9.95. The summed E-state index contributed by atoms with van der Waals surface area (Å²) in [6.45, 7) is 2.70. The Hall–Kier alpha value is -3.22. The van der Waals surface area contributed by atoms with Crippen molar-refractivity contribution >= 4 is 23.5 Å².